The molecule has 1 nitrogen and oxygen atoms in total. The highest BCUT2D eigenvalue weighted by Gasteiger charge is 2.55. The Labute approximate surface area is 70.9 Å². The molecule has 10 heavy (non-hydrogen) atoms. The lowest BCUT2D eigenvalue weighted by molar-refractivity contribution is 0.380. The minimum atomic E-state index is 0.762. The maximum Gasteiger partial charge on any atom is 0.00656 e. The van der Waals surface area contributed by atoms with Crippen LogP contribution in [-0.4, -0.2) is 30.4 Å². The molecule has 0 aromatic heterocycles. The fourth-order valence-corrected chi connectivity index (χ4v) is 3.17. The van der Waals surface area contributed by atoms with Crippen LogP contribution in [-0.2, 0) is 0 Å². The summed E-state index contributed by atoms with van der Waals surface area (Å²) >= 11 is 3.56. The van der Waals surface area contributed by atoms with Gasteiger partial charge in [0.1, 0.15) is 0 Å². The maximum atomic E-state index is 3.56. The molecule has 58 valence electrons. The van der Waals surface area contributed by atoms with Gasteiger partial charge in [-0.05, 0) is 37.8 Å². The number of halogens is 1. The largest absolute Gasteiger partial charge is 0.306 e. The molecule has 2 unspecified atom stereocenters. The molecule has 1 saturated carbocycles. The van der Waals surface area contributed by atoms with Crippen molar-refractivity contribution in [2.24, 2.45) is 11.3 Å². The van der Waals surface area contributed by atoms with E-state index in [1.165, 1.54) is 31.3 Å². The molecular weight excluding hydrogens is 190 g/mol. The summed E-state index contributed by atoms with van der Waals surface area (Å²) in [4.78, 5) is 2.46. The summed E-state index contributed by atoms with van der Waals surface area (Å²) in [7, 11) is 2.23. The van der Waals surface area contributed by atoms with E-state index in [0.717, 1.165) is 11.3 Å². The second kappa shape index (κ2) is 2.21. The van der Waals surface area contributed by atoms with Crippen molar-refractivity contribution in [3.63, 3.8) is 0 Å². The fourth-order valence-electron chi connectivity index (χ4n) is 2.26. The molecule has 0 aromatic carbocycles. The van der Waals surface area contributed by atoms with E-state index in [1.807, 2.05) is 0 Å². The van der Waals surface area contributed by atoms with E-state index in [4.69, 9.17) is 0 Å². The highest BCUT2D eigenvalue weighted by Crippen LogP contribution is 2.58. The SMILES string of the molecule is CN1CCC2(CC2CBr)C1. The summed E-state index contributed by atoms with van der Waals surface area (Å²) in [5.41, 5.74) is 0.762. The Morgan fingerprint density at radius 1 is 1.70 bits per heavy atom. The third-order valence-corrected chi connectivity index (χ3v) is 3.90. The summed E-state index contributed by atoms with van der Waals surface area (Å²) in [6, 6.07) is 0. The van der Waals surface area contributed by atoms with Crippen LogP contribution in [0.3, 0.4) is 0 Å². The van der Waals surface area contributed by atoms with Crippen LogP contribution in [0.2, 0.25) is 0 Å². The van der Waals surface area contributed by atoms with Crippen molar-refractivity contribution >= 4 is 15.9 Å². The molecule has 1 aliphatic heterocycles. The van der Waals surface area contributed by atoms with Gasteiger partial charge in [-0.1, -0.05) is 15.9 Å². The quantitative estimate of drug-likeness (QED) is 0.588. The first-order valence-electron chi connectivity index (χ1n) is 4.01. The van der Waals surface area contributed by atoms with Crippen molar-refractivity contribution in [2.75, 3.05) is 25.5 Å². The molecule has 1 aliphatic carbocycles. The normalized spacial score (nSPS) is 46.8. The van der Waals surface area contributed by atoms with E-state index in [1.54, 1.807) is 0 Å². The molecule has 2 aliphatic rings. The zero-order chi connectivity index (χ0) is 7.19. The lowest BCUT2D eigenvalue weighted by Crippen LogP contribution is -2.15. The van der Waals surface area contributed by atoms with Crippen LogP contribution in [0.1, 0.15) is 12.8 Å². The Balaban J connectivity index is 1.96. The number of alkyl halides is 1. The van der Waals surface area contributed by atoms with E-state index in [2.05, 4.69) is 27.9 Å². The summed E-state index contributed by atoms with van der Waals surface area (Å²) in [5, 5.41) is 1.22. The maximum absolute atomic E-state index is 3.56. The van der Waals surface area contributed by atoms with Crippen molar-refractivity contribution < 1.29 is 0 Å². The molecule has 1 heterocycles. The van der Waals surface area contributed by atoms with Gasteiger partial charge in [0.15, 0.2) is 0 Å². The molecule has 0 amide bonds. The van der Waals surface area contributed by atoms with Crippen LogP contribution in [0.15, 0.2) is 0 Å². The number of nitrogens with zero attached hydrogens (tertiary/aromatic N) is 1. The summed E-state index contributed by atoms with van der Waals surface area (Å²) in [6.07, 6.45) is 2.92. The molecule has 0 bridgehead atoms. The van der Waals surface area contributed by atoms with Crippen molar-refractivity contribution in [3.05, 3.63) is 0 Å². The van der Waals surface area contributed by atoms with Gasteiger partial charge in [0, 0.05) is 11.9 Å². The summed E-state index contributed by atoms with van der Waals surface area (Å²) in [5.74, 6) is 0.998. The molecular formula is C8H14BrN. The van der Waals surface area contributed by atoms with Crippen LogP contribution in [0.5, 0.6) is 0 Å². The zero-order valence-electron chi connectivity index (χ0n) is 6.44. The fraction of sp³-hybridized carbons (Fsp3) is 1.00. The average molecular weight is 204 g/mol. The molecule has 0 N–H and O–H groups in total. The third kappa shape index (κ3) is 0.928. The highest BCUT2D eigenvalue weighted by molar-refractivity contribution is 9.09. The van der Waals surface area contributed by atoms with Crippen LogP contribution >= 0.6 is 15.9 Å². The third-order valence-electron chi connectivity index (χ3n) is 3.12. The van der Waals surface area contributed by atoms with Crippen molar-refractivity contribution in [1.82, 2.24) is 4.90 Å². The lowest BCUT2D eigenvalue weighted by atomic mass is 10.0. The smallest absolute Gasteiger partial charge is 0.00656 e. The molecule has 2 rings (SSSR count). The van der Waals surface area contributed by atoms with E-state index < -0.39 is 0 Å². The van der Waals surface area contributed by atoms with Gasteiger partial charge in [-0.25, -0.2) is 0 Å². The molecule has 0 aromatic rings. The average Bonchev–Trinajstić information content (AvgIpc) is 2.46. The topological polar surface area (TPSA) is 3.24 Å². The Kier molecular flexibility index (Phi) is 1.57. The number of hydrogen-bond acceptors (Lipinski definition) is 1. The summed E-state index contributed by atoms with van der Waals surface area (Å²) < 4.78 is 0. The van der Waals surface area contributed by atoms with Gasteiger partial charge in [-0.3, -0.25) is 0 Å². The standard InChI is InChI=1S/C8H14BrN/c1-10-3-2-8(6-10)4-7(8)5-9/h7H,2-6H2,1H3. The molecule has 2 heteroatoms. The van der Waals surface area contributed by atoms with Crippen LogP contribution in [0.25, 0.3) is 0 Å². The molecule has 1 spiro atoms. The van der Waals surface area contributed by atoms with E-state index >= 15 is 0 Å². The van der Waals surface area contributed by atoms with Crippen molar-refractivity contribution in [2.45, 2.75) is 12.8 Å². The summed E-state index contributed by atoms with van der Waals surface area (Å²) in [6.45, 7) is 2.67. The van der Waals surface area contributed by atoms with E-state index in [0.29, 0.717) is 0 Å². The highest BCUT2D eigenvalue weighted by atomic mass is 79.9. The van der Waals surface area contributed by atoms with Crippen molar-refractivity contribution in [3.8, 4) is 0 Å². The zero-order valence-corrected chi connectivity index (χ0v) is 8.02. The second-order valence-electron chi connectivity index (χ2n) is 3.91. The van der Waals surface area contributed by atoms with Gasteiger partial charge in [0.05, 0.1) is 0 Å². The van der Waals surface area contributed by atoms with Gasteiger partial charge < -0.3 is 4.90 Å². The molecule has 2 atom stereocenters. The number of rotatable bonds is 1. The monoisotopic (exact) mass is 203 g/mol. The molecule has 1 saturated heterocycles. The first-order valence-corrected chi connectivity index (χ1v) is 5.13. The van der Waals surface area contributed by atoms with Gasteiger partial charge in [-0.15, -0.1) is 0 Å². The first kappa shape index (κ1) is 7.11. The van der Waals surface area contributed by atoms with E-state index in [-0.39, 0.29) is 0 Å². The number of likely N-dealkylation sites (tertiary alicyclic amines) is 1. The Morgan fingerprint density at radius 2 is 2.50 bits per heavy atom. The second-order valence-corrected chi connectivity index (χ2v) is 4.55. The minimum Gasteiger partial charge on any atom is -0.306 e. The van der Waals surface area contributed by atoms with Gasteiger partial charge >= 0.3 is 0 Å². The van der Waals surface area contributed by atoms with Gasteiger partial charge in [0.2, 0.25) is 0 Å². The van der Waals surface area contributed by atoms with Gasteiger partial charge in [-0.2, -0.15) is 0 Å². The number of hydrogen-bond donors (Lipinski definition) is 0. The first-order chi connectivity index (χ1) is 4.77. The van der Waals surface area contributed by atoms with Crippen molar-refractivity contribution in [1.29, 1.82) is 0 Å². The predicted octanol–water partition coefficient (Wildman–Crippen LogP) is 1.72. The Hall–Kier alpha value is 0.440. The van der Waals surface area contributed by atoms with Crippen LogP contribution < -0.4 is 0 Å². The Bertz CT molecular complexity index is 148. The molecule has 2 fully saturated rings. The van der Waals surface area contributed by atoms with E-state index in [9.17, 15) is 0 Å². The predicted molar refractivity (Wildman–Crippen MR) is 46.4 cm³/mol. The lowest BCUT2D eigenvalue weighted by Gasteiger charge is -2.07. The molecule has 0 radical (unpaired) electrons. The minimum absolute atomic E-state index is 0.762. The van der Waals surface area contributed by atoms with Gasteiger partial charge in [0.25, 0.3) is 0 Å². The Morgan fingerprint density at radius 3 is 2.90 bits per heavy atom. The van der Waals surface area contributed by atoms with Crippen LogP contribution in [0, 0.1) is 11.3 Å². The van der Waals surface area contributed by atoms with Crippen LogP contribution in [0.4, 0.5) is 0 Å².